The summed E-state index contributed by atoms with van der Waals surface area (Å²) in [6, 6.07) is 24.2. The number of benzene rings is 2. The molecule has 3 aromatic rings. The molecule has 0 aliphatic carbocycles. The van der Waals surface area contributed by atoms with Gasteiger partial charge >= 0.3 is 0 Å². The van der Waals surface area contributed by atoms with E-state index in [0.29, 0.717) is 17.8 Å². The SMILES string of the molecule is O=C1C(=NCCCCc2ccccc2)C(c2ccccc2)S(=O)(=O)N1Cc1ccccn1. The van der Waals surface area contributed by atoms with E-state index in [4.69, 9.17) is 0 Å². The van der Waals surface area contributed by atoms with Gasteiger partial charge in [-0.2, -0.15) is 0 Å². The molecule has 1 unspecified atom stereocenters. The molecule has 0 bridgehead atoms. The van der Waals surface area contributed by atoms with Crippen molar-refractivity contribution in [2.75, 3.05) is 6.54 Å². The summed E-state index contributed by atoms with van der Waals surface area (Å²) in [6.45, 7) is 0.308. The lowest BCUT2D eigenvalue weighted by Crippen LogP contribution is -2.30. The van der Waals surface area contributed by atoms with Crippen LogP contribution in [0.15, 0.2) is 90.1 Å². The summed E-state index contributed by atoms with van der Waals surface area (Å²) in [5.74, 6) is -0.562. The van der Waals surface area contributed by atoms with Gasteiger partial charge in [0, 0.05) is 12.7 Å². The molecular weight excluding hydrogens is 422 g/mol. The highest BCUT2D eigenvalue weighted by atomic mass is 32.2. The molecule has 1 amide bonds. The summed E-state index contributed by atoms with van der Waals surface area (Å²) in [6.07, 6.45) is 4.19. The van der Waals surface area contributed by atoms with E-state index >= 15 is 0 Å². The van der Waals surface area contributed by atoms with Gasteiger partial charge in [-0.3, -0.25) is 14.8 Å². The van der Waals surface area contributed by atoms with Crippen molar-refractivity contribution in [3.8, 4) is 0 Å². The van der Waals surface area contributed by atoms with E-state index in [1.54, 1.807) is 48.7 Å². The maximum absolute atomic E-state index is 13.4. The number of nitrogens with zero attached hydrogens (tertiary/aromatic N) is 3. The molecule has 4 rings (SSSR count). The van der Waals surface area contributed by atoms with Gasteiger partial charge in [0.1, 0.15) is 5.71 Å². The molecule has 6 nitrogen and oxygen atoms in total. The zero-order valence-electron chi connectivity index (χ0n) is 17.7. The van der Waals surface area contributed by atoms with Gasteiger partial charge < -0.3 is 0 Å². The monoisotopic (exact) mass is 447 g/mol. The predicted molar refractivity (Wildman–Crippen MR) is 125 cm³/mol. The Hall–Kier alpha value is -3.32. The Kier molecular flexibility index (Phi) is 6.75. The van der Waals surface area contributed by atoms with E-state index in [-0.39, 0.29) is 12.3 Å². The van der Waals surface area contributed by atoms with Crippen LogP contribution in [0, 0.1) is 0 Å². The topological polar surface area (TPSA) is 79.7 Å². The minimum Gasteiger partial charge on any atom is -0.282 e. The molecular formula is C25H25N3O3S. The van der Waals surface area contributed by atoms with Gasteiger partial charge in [-0.15, -0.1) is 0 Å². The van der Waals surface area contributed by atoms with Gasteiger partial charge in [0.2, 0.25) is 0 Å². The molecule has 0 saturated carbocycles. The van der Waals surface area contributed by atoms with Gasteiger partial charge in [0.25, 0.3) is 15.9 Å². The molecule has 0 spiro atoms. The van der Waals surface area contributed by atoms with Crippen molar-refractivity contribution in [1.29, 1.82) is 0 Å². The Morgan fingerprint density at radius 1 is 0.875 bits per heavy atom. The fourth-order valence-electron chi connectivity index (χ4n) is 3.82. The molecule has 7 heteroatoms. The van der Waals surface area contributed by atoms with E-state index in [9.17, 15) is 13.2 Å². The van der Waals surface area contributed by atoms with Crippen LogP contribution < -0.4 is 0 Å². The van der Waals surface area contributed by atoms with Crippen LogP contribution in [0.1, 0.15) is 34.9 Å². The van der Waals surface area contributed by atoms with Gasteiger partial charge in [-0.25, -0.2) is 12.7 Å². The van der Waals surface area contributed by atoms with Gasteiger partial charge in [0.15, 0.2) is 5.25 Å². The molecule has 1 atom stereocenters. The van der Waals surface area contributed by atoms with Crippen molar-refractivity contribution < 1.29 is 13.2 Å². The molecule has 32 heavy (non-hydrogen) atoms. The number of carbonyl (C=O) groups excluding carboxylic acids is 1. The van der Waals surface area contributed by atoms with Gasteiger partial charge in [-0.1, -0.05) is 66.7 Å². The number of carbonyl (C=O) groups is 1. The molecule has 1 saturated heterocycles. The van der Waals surface area contributed by atoms with Crippen molar-refractivity contribution >= 4 is 21.6 Å². The zero-order chi connectivity index (χ0) is 22.4. The van der Waals surface area contributed by atoms with Crippen molar-refractivity contribution in [3.05, 3.63) is 102 Å². The van der Waals surface area contributed by atoms with Gasteiger partial charge in [0.05, 0.1) is 12.2 Å². The number of hydrogen-bond acceptors (Lipinski definition) is 5. The number of amides is 1. The number of pyridine rings is 1. The minimum atomic E-state index is -3.95. The number of aryl methyl sites for hydroxylation is 1. The highest BCUT2D eigenvalue weighted by Gasteiger charge is 2.50. The molecule has 1 aliphatic rings. The first-order valence-electron chi connectivity index (χ1n) is 10.7. The third-order valence-corrected chi connectivity index (χ3v) is 7.43. The maximum atomic E-state index is 13.4. The van der Waals surface area contributed by atoms with E-state index in [1.165, 1.54) is 5.56 Å². The summed E-state index contributed by atoms with van der Waals surface area (Å²) in [4.78, 5) is 21.9. The summed E-state index contributed by atoms with van der Waals surface area (Å²) >= 11 is 0. The van der Waals surface area contributed by atoms with Crippen LogP contribution in [0.4, 0.5) is 0 Å². The zero-order valence-corrected chi connectivity index (χ0v) is 18.5. The lowest BCUT2D eigenvalue weighted by atomic mass is 10.1. The maximum Gasteiger partial charge on any atom is 0.283 e. The fraction of sp³-hybridized carbons (Fsp3) is 0.240. The standard InChI is InChI=1S/C25H25N3O3S/c29-25-23(27-18-9-7-13-20-11-3-1-4-12-20)24(21-14-5-2-6-15-21)32(30,31)28(25)19-22-16-8-10-17-26-22/h1-6,8,10-12,14-17,24H,7,9,13,18-19H2. The number of aliphatic imine (C=N–C) groups is 1. The molecule has 1 fully saturated rings. The fourth-order valence-corrected chi connectivity index (χ4v) is 5.67. The highest BCUT2D eigenvalue weighted by Crippen LogP contribution is 2.35. The smallest absolute Gasteiger partial charge is 0.282 e. The second-order valence-corrected chi connectivity index (χ2v) is 9.62. The van der Waals surface area contributed by atoms with Crippen LogP contribution >= 0.6 is 0 Å². The van der Waals surface area contributed by atoms with Gasteiger partial charge in [-0.05, 0) is 42.5 Å². The largest absolute Gasteiger partial charge is 0.283 e. The second kappa shape index (κ2) is 9.87. The third-order valence-electron chi connectivity index (χ3n) is 5.43. The highest BCUT2D eigenvalue weighted by molar-refractivity contribution is 7.91. The third kappa shape index (κ3) is 4.78. The lowest BCUT2D eigenvalue weighted by Gasteiger charge is -2.16. The van der Waals surface area contributed by atoms with Crippen molar-refractivity contribution in [3.63, 3.8) is 0 Å². The first kappa shape index (κ1) is 21.9. The molecule has 2 aromatic carbocycles. The van der Waals surface area contributed by atoms with E-state index in [2.05, 4.69) is 22.1 Å². The van der Waals surface area contributed by atoms with Crippen LogP contribution in [0.5, 0.6) is 0 Å². The summed E-state index contributed by atoms with van der Waals surface area (Å²) in [5, 5.41) is -1.09. The molecule has 164 valence electrons. The molecule has 0 radical (unpaired) electrons. The van der Waals surface area contributed by atoms with Crippen LogP contribution in [-0.4, -0.2) is 35.9 Å². The Morgan fingerprint density at radius 2 is 1.56 bits per heavy atom. The van der Waals surface area contributed by atoms with Crippen LogP contribution in [0.2, 0.25) is 0 Å². The van der Waals surface area contributed by atoms with Crippen molar-refractivity contribution in [1.82, 2.24) is 9.29 Å². The lowest BCUT2D eigenvalue weighted by molar-refractivity contribution is -0.119. The number of rotatable bonds is 8. The summed E-state index contributed by atoms with van der Waals surface area (Å²) < 4.78 is 27.7. The summed E-state index contributed by atoms with van der Waals surface area (Å²) in [7, 11) is -3.95. The van der Waals surface area contributed by atoms with Crippen LogP contribution in [0.3, 0.4) is 0 Å². The van der Waals surface area contributed by atoms with Crippen molar-refractivity contribution in [2.45, 2.75) is 31.1 Å². The Bertz CT molecular complexity index is 1180. The van der Waals surface area contributed by atoms with E-state index < -0.39 is 21.2 Å². The average molecular weight is 448 g/mol. The molecule has 1 aromatic heterocycles. The van der Waals surface area contributed by atoms with E-state index in [0.717, 1.165) is 23.6 Å². The first-order valence-corrected chi connectivity index (χ1v) is 12.2. The number of aromatic nitrogens is 1. The van der Waals surface area contributed by atoms with E-state index in [1.807, 2.05) is 24.3 Å². The number of unbranched alkanes of at least 4 members (excludes halogenated alkanes) is 1. The van der Waals surface area contributed by atoms with Crippen molar-refractivity contribution in [2.24, 2.45) is 4.99 Å². The van der Waals surface area contributed by atoms with Crippen LogP contribution in [0.25, 0.3) is 0 Å². The Morgan fingerprint density at radius 3 is 2.25 bits per heavy atom. The molecule has 2 heterocycles. The average Bonchev–Trinajstić information content (AvgIpc) is 3.00. The Labute approximate surface area is 188 Å². The molecule has 1 aliphatic heterocycles. The normalized spacial score (nSPS) is 18.9. The second-order valence-electron chi connectivity index (χ2n) is 7.68. The number of sulfonamides is 1. The molecule has 0 N–H and O–H groups in total. The quantitative estimate of drug-likeness (QED) is 0.490. The van der Waals surface area contributed by atoms with Crippen LogP contribution in [-0.2, 0) is 27.8 Å². The predicted octanol–water partition coefficient (Wildman–Crippen LogP) is 3.96. The first-order chi connectivity index (χ1) is 15.6. The minimum absolute atomic E-state index is 0.0897. The number of hydrogen-bond donors (Lipinski definition) is 0. The summed E-state index contributed by atoms with van der Waals surface area (Å²) in [5.41, 5.74) is 2.41. The Balaban J connectivity index is 1.55.